The van der Waals surface area contributed by atoms with Crippen LogP contribution in [0.25, 0.3) is 0 Å². The van der Waals surface area contributed by atoms with E-state index in [4.69, 9.17) is 4.74 Å². The minimum atomic E-state index is 0.629. The molecule has 23 heavy (non-hydrogen) atoms. The summed E-state index contributed by atoms with van der Waals surface area (Å²) in [4.78, 5) is 10.6. The molecule has 0 heterocycles. The highest BCUT2D eigenvalue weighted by Gasteiger charge is 1.98. The minimum Gasteiger partial charge on any atom is -0.457 e. The van der Waals surface area contributed by atoms with E-state index in [1.165, 1.54) is 0 Å². The van der Waals surface area contributed by atoms with E-state index < -0.39 is 0 Å². The number of ether oxygens (including phenoxy) is 1. The van der Waals surface area contributed by atoms with Crippen LogP contribution in [0.2, 0.25) is 0 Å². The van der Waals surface area contributed by atoms with Crippen molar-refractivity contribution in [2.24, 2.45) is 0 Å². The molecule has 2 nitrogen and oxygen atoms in total. The summed E-state index contributed by atoms with van der Waals surface area (Å²) >= 11 is 0. The van der Waals surface area contributed by atoms with Crippen molar-refractivity contribution in [2.75, 3.05) is 0 Å². The number of hydrogen-bond acceptors (Lipinski definition) is 2. The molecule has 110 valence electrons. The maximum absolute atomic E-state index is 10.6. The zero-order valence-electron chi connectivity index (χ0n) is 12.4. The second-order valence-corrected chi connectivity index (χ2v) is 4.93. The zero-order valence-corrected chi connectivity index (χ0v) is 12.4. The van der Waals surface area contributed by atoms with Crippen molar-refractivity contribution in [1.82, 2.24) is 0 Å². The molecule has 0 radical (unpaired) electrons. The molecule has 3 aromatic rings. The lowest BCUT2D eigenvalue weighted by Crippen LogP contribution is -1.85. The summed E-state index contributed by atoms with van der Waals surface area (Å²) < 4.78 is 5.73. The van der Waals surface area contributed by atoms with E-state index in [1.54, 1.807) is 24.3 Å². The van der Waals surface area contributed by atoms with Crippen molar-refractivity contribution in [3.63, 3.8) is 0 Å². The van der Waals surface area contributed by atoms with Gasteiger partial charge in [-0.25, -0.2) is 0 Å². The van der Waals surface area contributed by atoms with Crippen LogP contribution in [-0.2, 0) is 0 Å². The summed E-state index contributed by atoms with van der Waals surface area (Å²) in [6, 6.07) is 24.5. The summed E-state index contributed by atoms with van der Waals surface area (Å²) in [7, 11) is 0. The smallest absolute Gasteiger partial charge is 0.150 e. The van der Waals surface area contributed by atoms with E-state index >= 15 is 0 Å². The van der Waals surface area contributed by atoms with Crippen LogP contribution in [0.1, 0.15) is 21.5 Å². The van der Waals surface area contributed by atoms with Crippen molar-refractivity contribution in [3.8, 4) is 23.3 Å². The number of rotatable bonds is 3. The van der Waals surface area contributed by atoms with Crippen LogP contribution in [0, 0.1) is 11.8 Å². The normalized spacial score (nSPS) is 9.57. The molecule has 0 bridgehead atoms. The Balaban J connectivity index is 1.69. The lowest BCUT2D eigenvalue weighted by molar-refractivity contribution is 0.112. The van der Waals surface area contributed by atoms with Crippen molar-refractivity contribution in [3.05, 3.63) is 95.6 Å². The topological polar surface area (TPSA) is 26.3 Å². The van der Waals surface area contributed by atoms with Crippen molar-refractivity contribution in [1.29, 1.82) is 0 Å². The van der Waals surface area contributed by atoms with Gasteiger partial charge in [0.1, 0.15) is 17.8 Å². The molecule has 0 amide bonds. The Kier molecular flexibility index (Phi) is 4.52. The highest BCUT2D eigenvalue weighted by Crippen LogP contribution is 2.21. The summed E-state index contributed by atoms with van der Waals surface area (Å²) in [6.07, 6.45) is 0.810. The summed E-state index contributed by atoms with van der Waals surface area (Å²) in [5, 5.41) is 0. The van der Waals surface area contributed by atoms with Gasteiger partial charge in [0, 0.05) is 16.7 Å². The maximum Gasteiger partial charge on any atom is 0.150 e. The second kappa shape index (κ2) is 7.11. The van der Waals surface area contributed by atoms with E-state index in [2.05, 4.69) is 11.8 Å². The van der Waals surface area contributed by atoms with Crippen LogP contribution in [0.4, 0.5) is 0 Å². The molecule has 0 spiro atoms. The molecular weight excluding hydrogens is 284 g/mol. The molecule has 3 aromatic carbocycles. The highest BCUT2D eigenvalue weighted by molar-refractivity contribution is 5.74. The summed E-state index contributed by atoms with van der Waals surface area (Å²) in [6.45, 7) is 0. The Morgan fingerprint density at radius 2 is 1.17 bits per heavy atom. The monoisotopic (exact) mass is 298 g/mol. The van der Waals surface area contributed by atoms with E-state index in [1.807, 2.05) is 54.6 Å². The first-order valence-electron chi connectivity index (χ1n) is 7.24. The Bertz CT molecular complexity index is 836. The lowest BCUT2D eigenvalue weighted by atomic mass is 10.2. The van der Waals surface area contributed by atoms with Crippen LogP contribution in [0.15, 0.2) is 78.9 Å². The number of carbonyl (C=O) groups excluding carboxylic acids is 1. The van der Waals surface area contributed by atoms with Gasteiger partial charge in [-0.15, -0.1) is 0 Å². The molecular formula is C21H14O2. The van der Waals surface area contributed by atoms with Gasteiger partial charge in [-0.3, -0.25) is 4.79 Å². The Labute approximate surface area is 135 Å². The van der Waals surface area contributed by atoms with Crippen LogP contribution < -0.4 is 4.74 Å². The molecule has 0 N–H and O–H groups in total. The van der Waals surface area contributed by atoms with Crippen molar-refractivity contribution >= 4 is 6.29 Å². The number of carbonyl (C=O) groups is 1. The van der Waals surface area contributed by atoms with Gasteiger partial charge in [0.05, 0.1) is 0 Å². The largest absolute Gasteiger partial charge is 0.457 e. The molecule has 0 aliphatic rings. The van der Waals surface area contributed by atoms with Crippen LogP contribution in [0.3, 0.4) is 0 Å². The summed E-state index contributed by atoms with van der Waals surface area (Å²) in [5.41, 5.74) is 2.55. The van der Waals surface area contributed by atoms with Crippen molar-refractivity contribution in [2.45, 2.75) is 0 Å². The van der Waals surface area contributed by atoms with Gasteiger partial charge >= 0.3 is 0 Å². The fraction of sp³-hybridized carbons (Fsp3) is 0. The van der Waals surface area contributed by atoms with E-state index in [-0.39, 0.29) is 0 Å². The van der Waals surface area contributed by atoms with E-state index in [0.29, 0.717) is 11.3 Å². The van der Waals surface area contributed by atoms with Crippen LogP contribution >= 0.6 is 0 Å². The third-order valence-electron chi connectivity index (χ3n) is 3.23. The predicted octanol–water partition coefficient (Wildman–Crippen LogP) is 4.69. The van der Waals surface area contributed by atoms with Crippen LogP contribution in [0.5, 0.6) is 11.5 Å². The first-order chi connectivity index (χ1) is 11.3. The maximum atomic E-state index is 10.6. The number of aldehydes is 1. The Hall–Kier alpha value is -3.31. The van der Waals surface area contributed by atoms with Crippen molar-refractivity contribution < 1.29 is 9.53 Å². The molecule has 2 heteroatoms. The fourth-order valence-electron chi connectivity index (χ4n) is 2.02. The SMILES string of the molecule is O=Cc1ccc(Oc2ccc(C#Cc3ccccc3)cc2)cc1. The fourth-order valence-corrected chi connectivity index (χ4v) is 2.02. The molecule has 0 unspecified atom stereocenters. The first kappa shape index (κ1) is 14.6. The van der Waals surface area contributed by atoms with Gasteiger partial charge in [-0.1, -0.05) is 30.0 Å². The number of benzene rings is 3. The van der Waals surface area contributed by atoms with E-state index in [0.717, 1.165) is 23.2 Å². The first-order valence-corrected chi connectivity index (χ1v) is 7.24. The molecule has 0 aliphatic heterocycles. The van der Waals surface area contributed by atoms with Gasteiger partial charge in [0.25, 0.3) is 0 Å². The quantitative estimate of drug-likeness (QED) is 0.518. The van der Waals surface area contributed by atoms with Gasteiger partial charge < -0.3 is 4.74 Å². The third kappa shape index (κ3) is 4.09. The van der Waals surface area contributed by atoms with E-state index in [9.17, 15) is 4.79 Å². The molecule has 3 rings (SSSR count). The van der Waals surface area contributed by atoms with Gasteiger partial charge in [0.2, 0.25) is 0 Å². The molecule has 0 fully saturated rings. The molecule has 0 atom stereocenters. The van der Waals surface area contributed by atoms with Gasteiger partial charge in [0.15, 0.2) is 0 Å². The Morgan fingerprint density at radius 1 is 0.652 bits per heavy atom. The number of hydrogen-bond donors (Lipinski definition) is 0. The lowest BCUT2D eigenvalue weighted by Gasteiger charge is -2.05. The second-order valence-electron chi connectivity index (χ2n) is 4.93. The molecule has 0 saturated carbocycles. The molecule has 0 aliphatic carbocycles. The predicted molar refractivity (Wildman–Crippen MR) is 90.8 cm³/mol. The third-order valence-corrected chi connectivity index (χ3v) is 3.23. The standard InChI is InChI=1S/C21H14O2/c22-16-19-10-14-21(15-11-19)23-20-12-8-18(9-13-20)7-6-17-4-2-1-3-5-17/h1-5,8-16H. The average Bonchev–Trinajstić information content (AvgIpc) is 2.63. The zero-order chi connectivity index (χ0) is 15.9. The average molecular weight is 298 g/mol. The van der Waals surface area contributed by atoms with Gasteiger partial charge in [-0.05, 0) is 60.7 Å². The Morgan fingerprint density at radius 3 is 1.74 bits per heavy atom. The van der Waals surface area contributed by atoms with Gasteiger partial charge in [-0.2, -0.15) is 0 Å². The highest BCUT2D eigenvalue weighted by atomic mass is 16.5. The molecule has 0 aromatic heterocycles. The summed E-state index contributed by atoms with van der Waals surface area (Å²) in [5.74, 6) is 7.67. The minimum absolute atomic E-state index is 0.629. The molecule has 0 saturated heterocycles. The van der Waals surface area contributed by atoms with Crippen LogP contribution in [-0.4, -0.2) is 6.29 Å².